The molecule has 0 aliphatic rings. The second kappa shape index (κ2) is 93.0. The second-order valence-corrected chi connectivity index (χ2v) is 4.01. The molecule has 30 heavy (non-hydrogen) atoms. The largest absolute Gasteiger partial charge is 0.391 e. The summed E-state index contributed by atoms with van der Waals surface area (Å²) in [5.41, 5.74) is 1.50. The highest BCUT2D eigenvalue weighted by molar-refractivity contribution is 6.25. The Bertz CT molecular complexity index is 332. The van der Waals surface area contributed by atoms with Crippen LogP contribution in [-0.2, 0) is 4.74 Å². The maximum Gasteiger partial charge on any atom is 0.0779 e. The first-order valence-electron chi connectivity index (χ1n) is 10.1. The van der Waals surface area contributed by atoms with Crippen molar-refractivity contribution in [1.29, 1.82) is 0 Å². The fourth-order valence-electron chi connectivity index (χ4n) is 0.706. The summed E-state index contributed by atoms with van der Waals surface area (Å²) in [6.45, 7) is 35.1. The van der Waals surface area contributed by atoms with Gasteiger partial charge >= 0.3 is 0 Å². The molecule has 0 saturated carbocycles. The van der Waals surface area contributed by atoms with Crippen molar-refractivity contribution in [1.82, 2.24) is 0 Å². The van der Waals surface area contributed by atoms with E-state index in [0.717, 1.165) is 19.4 Å². The van der Waals surface area contributed by atoms with Gasteiger partial charge < -0.3 is 9.84 Å². The van der Waals surface area contributed by atoms with Crippen molar-refractivity contribution in [2.75, 3.05) is 26.4 Å². The number of hydrogen-bond acceptors (Lipinski definition) is 3. The standard InChI is InChI=1S/C7H11ClO.C5H9NO.C5H8.C3H6.2C2H6.C2H4/c1-2-6-9-7-4-3-5-8;1-2-3-6-4-5-7;1-3-5-4-2;1-3-2;3*1-2/h2-3,5H,1,4,6-7H2;2,4,7H,1,3,5H2;3-4H,1-2,5H2;3H,1H2,2H3;2*1-2H3;1-2H2/b5-3+;;;;;;. The van der Waals surface area contributed by atoms with E-state index >= 15 is 0 Å². The molecule has 1 N–H and O–H groups in total. The zero-order chi connectivity index (χ0) is 25.3. The summed E-state index contributed by atoms with van der Waals surface area (Å²) >= 11 is 5.26. The molecule has 0 aromatic rings. The minimum Gasteiger partial charge on any atom is -0.391 e. The molecular formula is C26H50ClNO2. The highest BCUT2D eigenvalue weighted by Gasteiger charge is 1.78. The molecule has 0 fully saturated rings. The third kappa shape index (κ3) is 162. The van der Waals surface area contributed by atoms with Crippen LogP contribution in [0.4, 0.5) is 0 Å². The Morgan fingerprint density at radius 2 is 1.37 bits per heavy atom. The van der Waals surface area contributed by atoms with Crippen LogP contribution >= 0.6 is 11.6 Å². The number of aliphatic hydroxyl groups is 1. The Labute approximate surface area is 194 Å². The predicted molar refractivity (Wildman–Crippen MR) is 146 cm³/mol. The average molecular weight is 444 g/mol. The molecule has 178 valence electrons. The van der Waals surface area contributed by atoms with E-state index < -0.39 is 0 Å². The third-order valence-electron chi connectivity index (χ3n) is 1.53. The number of hydrogen-bond donors (Lipinski definition) is 1. The van der Waals surface area contributed by atoms with Crippen molar-refractivity contribution in [3.05, 3.63) is 88.0 Å². The molecule has 0 radical (unpaired) electrons. The van der Waals surface area contributed by atoms with E-state index in [-0.39, 0.29) is 6.61 Å². The number of aliphatic imine (C=N–C) groups is 1. The van der Waals surface area contributed by atoms with Gasteiger partial charge in [0.1, 0.15) is 0 Å². The number of halogens is 1. The molecule has 0 unspecified atom stereocenters. The number of rotatable bonds is 10. The van der Waals surface area contributed by atoms with Gasteiger partial charge in [-0.3, -0.25) is 4.99 Å². The highest BCUT2D eigenvalue weighted by Crippen LogP contribution is 1.86. The van der Waals surface area contributed by atoms with E-state index in [1.165, 1.54) is 11.7 Å². The molecule has 0 bridgehead atoms. The Kier molecular flexibility index (Phi) is 144. The Hall–Kier alpha value is -1.94. The van der Waals surface area contributed by atoms with Crippen molar-refractivity contribution >= 4 is 17.8 Å². The normalized spacial score (nSPS) is 7.43. The molecule has 0 spiro atoms. The van der Waals surface area contributed by atoms with Gasteiger partial charge in [0.05, 0.1) is 26.4 Å². The van der Waals surface area contributed by atoms with Gasteiger partial charge in [-0.05, 0) is 19.8 Å². The Morgan fingerprint density at radius 3 is 1.63 bits per heavy atom. The van der Waals surface area contributed by atoms with Crippen LogP contribution in [0.25, 0.3) is 0 Å². The molecule has 0 saturated heterocycles. The van der Waals surface area contributed by atoms with Crippen LogP contribution in [0.5, 0.6) is 0 Å². The number of allylic oxidation sites excluding steroid dienone is 3. The van der Waals surface area contributed by atoms with E-state index in [4.69, 9.17) is 21.4 Å². The lowest BCUT2D eigenvalue weighted by Crippen LogP contribution is -1.91. The summed E-state index contributed by atoms with van der Waals surface area (Å²) in [5, 5.41) is 8.11. The smallest absolute Gasteiger partial charge is 0.0779 e. The maximum atomic E-state index is 8.11. The van der Waals surface area contributed by atoms with Crippen molar-refractivity contribution in [2.45, 2.75) is 47.5 Å². The van der Waals surface area contributed by atoms with E-state index in [9.17, 15) is 0 Å². The summed E-state index contributed by atoms with van der Waals surface area (Å²) < 4.78 is 5.06. The summed E-state index contributed by atoms with van der Waals surface area (Å²) in [6, 6.07) is 0. The molecule has 0 aliphatic heterocycles. The third-order valence-corrected chi connectivity index (χ3v) is 1.71. The quantitative estimate of drug-likeness (QED) is 0.209. The number of aliphatic hydroxyl groups excluding tert-OH is 1. The fourth-order valence-corrected chi connectivity index (χ4v) is 0.832. The van der Waals surface area contributed by atoms with Crippen LogP contribution in [0.3, 0.4) is 0 Å². The molecule has 3 nitrogen and oxygen atoms in total. The number of nitrogens with zero attached hydrogens (tertiary/aromatic N) is 1. The van der Waals surface area contributed by atoms with Crippen molar-refractivity contribution in [3.63, 3.8) is 0 Å². The van der Waals surface area contributed by atoms with Crippen LogP contribution in [0, 0.1) is 0 Å². The fraction of sp³-hybridized carbons (Fsp3) is 0.423. The topological polar surface area (TPSA) is 41.8 Å². The first kappa shape index (κ1) is 46.3. The second-order valence-electron chi connectivity index (χ2n) is 3.75. The zero-order valence-corrected chi connectivity index (χ0v) is 21.2. The monoisotopic (exact) mass is 443 g/mol. The van der Waals surface area contributed by atoms with Crippen LogP contribution in [0.15, 0.2) is 93.0 Å². The predicted octanol–water partition coefficient (Wildman–Crippen LogP) is 8.36. The summed E-state index contributed by atoms with van der Waals surface area (Å²) in [4.78, 5) is 3.72. The van der Waals surface area contributed by atoms with Crippen LogP contribution in [0.1, 0.15) is 47.5 Å². The minimum atomic E-state index is 0.0217. The van der Waals surface area contributed by atoms with Gasteiger partial charge in [-0.1, -0.05) is 75.8 Å². The summed E-state index contributed by atoms with van der Waals surface area (Å²) in [5.74, 6) is 0. The maximum absolute atomic E-state index is 8.11. The lowest BCUT2D eigenvalue weighted by molar-refractivity contribution is 0.168. The van der Waals surface area contributed by atoms with Crippen LogP contribution in [0.2, 0.25) is 0 Å². The van der Waals surface area contributed by atoms with E-state index in [0.29, 0.717) is 13.2 Å². The molecule has 0 amide bonds. The van der Waals surface area contributed by atoms with E-state index in [1.807, 2.05) is 52.8 Å². The van der Waals surface area contributed by atoms with E-state index in [1.54, 1.807) is 18.2 Å². The van der Waals surface area contributed by atoms with Crippen molar-refractivity contribution in [2.24, 2.45) is 4.99 Å². The van der Waals surface area contributed by atoms with Gasteiger partial charge in [-0.25, -0.2) is 0 Å². The molecule has 0 aliphatic carbocycles. The first-order valence-corrected chi connectivity index (χ1v) is 10.5. The Balaban J connectivity index is -0.0000000452. The van der Waals surface area contributed by atoms with Gasteiger partial charge in [0, 0.05) is 11.7 Å². The Morgan fingerprint density at radius 1 is 0.900 bits per heavy atom. The minimum absolute atomic E-state index is 0.0217. The van der Waals surface area contributed by atoms with Crippen LogP contribution in [-0.4, -0.2) is 37.7 Å². The summed E-state index contributed by atoms with van der Waals surface area (Å²) in [7, 11) is 0. The van der Waals surface area contributed by atoms with Gasteiger partial charge in [-0.2, -0.15) is 0 Å². The van der Waals surface area contributed by atoms with Gasteiger partial charge in [0.15, 0.2) is 0 Å². The molecule has 0 rings (SSSR count). The van der Waals surface area contributed by atoms with Crippen molar-refractivity contribution < 1.29 is 9.84 Å². The average Bonchev–Trinajstić information content (AvgIpc) is 2.80. The molecule has 0 aromatic carbocycles. The van der Waals surface area contributed by atoms with E-state index in [2.05, 4.69) is 51.0 Å². The molecule has 0 aromatic heterocycles. The zero-order valence-electron chi connectivity index (χ0n) is 20.5. The van der Waals surface area contributed by atoms with Crippen molar-refractivity contribution in [3.8, 4) is 0 Å². The molecular weight excluding hydrogens is 394 g/mol. The molecule has 4 heteroatoms. The lowest BCUT2D eigenvalue weighted by atomic mass is 10.4. The van der Waals surface area contributed by atoms with Gasteiger partial charge in [0.2, 0.25) is 0 Å². The lowest BCUT2D eigenvalue weighted by Gasteiger charge is -1.94. The van der Waals surface area contributed by atoms with Crippen LogP contribution < -0.4 is 0 Å². The highest BCUT2D eigenvalue weighted by atomic mass is 35.5. The summed E-state index contributed by atoms with van der Waals surface area (Å²) in [6.07, 6.45) is 13.9. The SMILES string of the molecule is C=C.C=CC.C=CCC=C.C=CCN=CCO.C=CCOCC/C=C/Cl.CC.CC. The van der Waals surface area contributed by atoms with Gasteiger partial charge in [0.25, 0.3) is 0 Å². The first-order chi connectivity index (χ1) is 14.7. The number of ether oxygens (including phenoxy) is 1. The molecule has 0 heterocycles. The van der Waals surface area contributed by atoms with Gasteiger partial charge in [-0.15, -0.1) is 46.1 Å². The molecule has 0 atom stereocenters.